The fraction of sp³-hybridized carbons (Fsp3) is 0.286. The van der Waals surface area contributed by atoms with E-state index in [1.165, 1.54) is 32.1 Å². The molecule has 0 atom stereocenters. The Hall–Kier alpha value is -2.41. The molecule has 8 heteroatoms. The first-order valence-electron chi connectivity index (χ1n) is 6.20. The van der Waals surface area contributed by atoms with Crippen LogP contribution in [0.25, 0.3) is 11.3 Å². The van der Waals surface area contributed by atoms with Gasteiger partial charge in [-0.3, -0.25) is 4.68 Å². The standard InChI is InChI=1S/C14H15ClN2O5/c1-17-8(5-7(16-17)14(18)19)11-12(15)9(20-2)6-10(21-3)13(11)22-4/h5-6H,1-4H3,(H,18,19). The fourth-order valence-corrected chi connectivity index (χ4v) is 2.45. The average molecular weight is 327 g/mol. The van der Waals surface area contributed by atoms with Crippen LogP contribution in [-0.4, -0.2) is 42.2 Å². The van der Waals surface area contributed by atoms with Crippen molar-refractivity contribution >= 4 is 17.6 Å². The lowest BCUT2D eigenvalue weighted by molar-refractivity contribution is 0.0689. The van der Waals surface area contributed by atoms with Crippen LogP contribution in [0, 0.1) is 0 Å². The van der Waals surface area contributed by atoms with Crippen LogP contribution in [0.5, 0.6) is 17.2 Å². The molecule has 2 aromatic rings. The van der Waals surface area contributed by atoms with Crippen LogP contribution < -0.4 is 14.2 Å². The van der Waals surface area contributed by atoms with Gasteiger partial charge in [0.25, 0.3) is 0 Å². The summed E-state index contributed by atoms with van der Waals surface area (Å²) in [4.78, 5) is 11.1. The topological polar surface area (TPSA) is 82.8 Å². The second-order valence-corrected chi connectivity index (χ2v) is 4.72. The molecule has 0 radical (unpaired) electrons. The van der Waals surface area contributed by atoms with E-state index < -0.39 is 5.97 Å². The highest BCUT2D eigenvalue weighted by atomic mass is 35.5. The number of hydrogen-bond acceptors (Lipinski definition) is 5. The summed E-state index contributed by atoms with van der Waals surface area (Å²) in [5, 5.41) is 13.3. The Morgan fingerprint density at radius 3 is 2.27 bits per heavy atom. The number of carbonyl (C=O) groups is 1. The molecule has 22 heavy (non-hydrogen) atoms. The van der Waals surface area contributed by atoms with Crippen molar-refractivity contribution in [3.63, 3.8) is 0 Å². The second kappa shape index (κ2) is 6.15. The molecule has 0 aliphatic heterocycles. The van der Waals surface area contributed by atoms with Crippen molar-refractivity contribution in [2.45, 2.75) is 0 Å². The third-order valence-electron chi connectivity index (χ3n) is 3.15. The molecule has 0 amide bonds. The Bertz CT molecular complexity index is 727. The van der Waals surface area contributed by atoms with Gasteiger partial charge >= 0.3 is 5.97 Å². The number of hydrogen-bond donors (Lipinski definition) is 1. The van der Waals surface area contributed by atoms with E-state index in [0.29, 0.717) is 28.5 Å². The van der Waals surface area contributed by atoms with Crippen LogP contribution in [0.1, 0.15) is 10.5 Å². The van der Waals surface area contributed by atoms with Crippen LogP contribution in [0.15, 0.2) is 12.1 Å². The Labute approximate surface area is 132 Å². The van der Waals surface area contributed by atoms with Gasteiger partial charge in [-0.2, -0.15) is 5.10 Å². The van der Waals surface area contributed by atoms with E-state index in [-0.39, 0.29) is 10.7 Å². The van der Waals surface area contributed by atoms with Gasteiger partial charge in [-0.1, -0.05) is 11.6 Å². The molecule has 118 valence electrons. The number of rotatable bonds is 5. The van der Waals surface area contributed by atoms with Gasteiger partial charge in [-0.15, -0.1) is 0 Å². The van der Waals surface area contributed by atoms with Gasteiger partial charge in [0.05, 0.1) is 37.6 Å². The monoisotopic (exact) mass is 326 g/mol. The maximum Gasteiger partial charge on any atom is 0.356 e. The fourth-order valence-electron chi connectivity index (χ4n) is 2.13. The highest BCUT2D eigenvalue weighted by molar-refractivity contribution is 6.35. The van der Waals surface area contributed by atoms with E-state index in [4.69, 9.17) is 30.9 Å². The number of carboxylic acids is 1. The Kier molecular flexibility index (Phi) is 4.46. The van der Waals surface area contributed by atoms with Crippen molar-refractivity contribution in [3.05, 3.63) is 22.8 Å². The molecule has 0 saturated heterocycles. The van der Waals surface area contributed by atoms with E-state index in [1.807, 2.05) is 0 Å². The summed E-state index contributed by atoms with van der Waals surface area (Å²) in [6, 6.07) is 3.00. The van der Waals surface area contributed by atoms with Gasteiger partial charge in [0, 0.05) is 13.1 Å². The number of ether oxygens (including phenoxy) is 3. The molecule has 0 unspecified atom stereocenters. The molecule has 1 aromatic carbocycles. The second-order valence-electron chi connectivity index (χ2n) is 4.35. The third kappa shape index (κ3) is 2.55. The largest absolute Gasteiger partial charge is 0.495 e. The van der Waals surface area contributed by atoms with E-state index in [1.54, 1.807) is 13.1 Å². The van der Waals surface area contributed by atoms with Crippen LogP contribution in [0.4, 0.5) is 0 Å². The maximum absolute atomic E-state index is 11.1. The minimum Gasteiger partial charge on any atom is -0.495 e. The first-order chi connectivity index (χ1) is 10.4. The Balaban J connectivity index is 2.80. The van der Waals surface area contributed by atoms with Crippen molar-refractivity contribution in [1.82, 2.24) is 9.78 Å². The molecular weight excluding hydrogens is 312 g/mol. The number of aryl methyl sites for hydroxylation is 1. The minimum absolute atomic E-state index is 0.0996. The quantitative estimate of drug-likeness (QED) is 0.908. The molecule has 0 bridgehead atoms. The van der Waals surface area contributed by atoms with E-state index in [2.05, 4.69) is 5.10 Å². The lowest BCUT2D eigenvalue weighted by atomic mass is 10.1. The molecule has 1 aromatic heterocycles. The van der Waals surface area contributed by atoms with Crippen molar-refractivity contribution in [2.24, 2.45) is 7.05 Å². The zero-order chi connectivity index (χ0) is 16.4. The summed E-state index contributed by atoms with van der Waals surface area (Å²) in [5.74, 6) is 0.0317. The van der Waals surface area contributed by atoms with Gasteiger partial charge in [-0.25, -0.2) is 4.79 Å². The predicted molar refractivity (Wildman–Crippen MR) is 80.3 cm³/mol. The lowest BCUT2D eigenvalue weighted by Gasteiger charge is -2.17. The van der Waals surface area contributed by atoms with Crippen molar-refractivity contribution in [2.75, 3.05) is 21.3 Å². The minimum atomic E-state index is -1.13. The van der Waals surface area contributed by atoms with Crippen LogP contribution in [0.2, 0.25) is 5.02 Å². The Morgan fingerprint density at radius 2 is 1.82 bits per heavy atom. The summed E-state index contributed by atoms with van der Waals surface area (Å²) in [6.45, 7) is 0. The zero-order valence-electron chi connectivity index (χ0n) is 12.5. The normalized spacial score (nSPS) is 10.4. The number of carboxylic acid groups (broad SMARTS) is 1. The average Bonchev–Trinajstić information content (AvgIpc) is 2.88. The Morgan fingerprint density at radius 1 is 1.18 bits per heavy atom. The highest BCUT2D eigenvalue weighted by Gasteiger charge is 2.24. The predicted octanol–water partition coefficient (Wildman–Crippen LogP) is 2.46. The van der Waals surface area contributed by atoms with Gasteiger partial charge in [0.15, 0.2) is 17.2 Å². The van der Waals surface area contributed by atoms with Gasteiger partial charge in [0.1, 0.15) is 5.75 Å². The molecule has 1 N–H and O–H groups in total. The van der Waals surface area contributed by atoms with E-state index in [9.17, 15) is 4.79 Å². The van der Waals surface area contributed by atoms with E-state index >= 15 is 0 Å². The van der Waals surface area contributed by atoms with Crippen LogP contribution >= 0.6 is 11.6 Å². The number of aromatic carboxylic acids is 1. The molecule has 1 heterocycles. The van der Waals surface area contributed by atoms with Crippen LogP contribution in [-0.2, 0) is 7.05 Å². The molecule has 0 saturated carbocycles. The van der Waals surface area contributed by atoms with Gasteiger partial charge in [0.2, 0.25) is 0 Å². The summed E-state index contributed by atoms with van der Waals surface area (Å²) in [6.07, 6.45) is 0. The number of aromatic nitrogens is 2. The summed E-state index contributed by atoms with van der Waals surface area (Å²) in [7, 11) is 6.05. The molecule has 0 fully saturated rings. The number of nitrogens with zero attached hydrogens (tertiary/aromatic N) is 2. The number of methoxy groups -OCH3 is 3. The molecule has 0 spiro atoms. The third-order valence-corrected chi connectivity index (χ3v) is 3.52. The molecule has 0 aliphatic rings. The number of halogens is 1. The summed E-state index contributed by atoms with van der Waals surface area (Å²) < 4.78 is 17.3. The zero-order valence-corrected chi connectivity index (χ0v) is 13.3. The highest BCUT2D eigenvalue weighted by Crippen LogP contribution is 2.47. The summed E-state index contributed by atoms with van der Waals surface area (Å²) >= 11 is 6.37. The van der Waals surface area contributed by atoms with Gasteiger partial charge < -0.3 is 19.3 Å². The van der Waals surface area contributed by atoms with Crippen molar-refractivity contribution < 1.29 is 24.1 Å². The first kappa shape index (κ1) is 16.0. The SMILES string of the molecule is COc1cc(OC)c(OC)c(-c2cc(C(=O)O)nn2C)c1Cl. The molecular formula is C14H15ClN2O5. The first-order valence-corrected chi connectivity index (χ1v) is 6.58. The van der Waals surface area contributed by atoms with E-state index in [0.717, 1.165) is 0 Å². The lowest BCUT2D eigenvalue weighted by Crippen LogP contribution is -2.01. The van der Waals surface area contributed by atoms with Crippen molar-refractivity contribution in [1.29, 1.82) is 0 Å². The maximum atomic E-state index is 11.1. The van der Waals surface area contributed by atoms with Crippen molar-refractivity contribution in [3.8, 4) is 28.5 Å². The molecule has 0 aliphatic carbocycles. The molecule has 2 rings (SSSR count). The smallest absolute Gasteiger partial charge is 0.356 e. The van der Waals surface area contributed by atoms with Crippen LogP contribution in [0.3, 0.4) is 0 Å². The van der Waals surface area contributed by atoms with Gasteiger partial charge in [-0.05, 0) is 6.07 Å². The molecule has 7 nitrogen and oxygen atoms in total. The summed E-state index contributed by atoms with van der Waals surface area (Å²) in [5.41, 5.74) is 0.816. The number of benzene rings is 1.